The molecule has 1 atom stereocenters. The number of ether oxygens (including phenoxy) is 1. The lowest BCUT2D eigenvalue weighted by molar-refractivity contribution is -0.123. The molecule has 2 aromatic heterocycles. The molecule has 0 aliphatic heterocycles. The summed E-state index contributed by atoms with van der Waals surface area (Å²) in [5, 5.41) is 9.60. The zero-order valence-electron chi connectivity index (χ0n) is 15.4. The number of hydrogen-bond acceptors (Lipinski definition) is 4. The van der Waals surface area contributed by atoms with E-state index in [-0.39, 0.29) is 5.91 Å². The van der Waals surface area contributed by atoms with Gasteiger partial charge < -0.3 is 4.74 Å². The highest BCUT2D eigenvalue weighted by Gasteiger charge is 2.27. The van der Waals surface area contributed by atoms with Crippen molar-refractivity contribution in [1.82, 2.24) is 10.2 Å². The van der Waals surface area contributed by atoms with E-state index in [0.717, 1.165) is 21.9 Å². The maximum atomic E-state index is 13.2. The fourth-order valence-electron chi connectivity index (χ4n) is 2.76. The molecule has 0 radical (unpaired) electrons. The van der Waals surface area contributed by atoms with Gasteiger partial charge in [-0.2, -0.15) is 5.10 Å². The van der Waals surface area contributed by atoms with E-state index in [4.69, 9.17) is 4.74 Å². The lowest BCUT2D eigenvalue weighted by atomic mass is 10.0. The van der Waals surface area contributed by atoms with Crippen LogP contribution in [0.25, 0.3) is 0 Å². The number of benzene rings is 1. The number of nitrogens with zero attached hydrogens (tertiary/aromatic N) is 2. The second-order valence-corrected chi connectivity index (χ2v) is 7.45. The Labute approximate surface area is 157 Å². The van der Waals surface area contributed by atoms with Crippen molar-refractivity contribution in [2.75, 3.05) is 4.90 Å². The van der Waals surface area contributed by atoms with Crippen molar-refractivity contribution >= 4 is 28.1 Å². The van der Waals surface area contributed by atoms with E-state index < -0.39 is 6.10 Å². The third-order valence-corrected chi connectivity index (χ3v) is 4.97. The molecule has 6 heteroatoms. The Hall–Kier alpha value is -2.60. The number of hydrogen-bond donors (Lipinski definition) is 1. The van der Waals surface area contributed by atoms with E-state index >= 15 is 0 Å². The number of aromatic amines is 1. The molecule has 136 valence electrons. The van der Waals surface area contributed by atoms with Gasteiger partial charge in [0.15, 0.2) is 6.10 Å². The molecule has 2 heterocycles. The van der Waals surface area contributed by atoms with Gasteiger partial charge in [0.25, 0.3) is 5.91 Å². The van der Waals surface area contributed by atoms with Gasteiger partial charge in [0, 0.05) is 6.07 Å². The van der Waals surface area contributed by atoms with E-state index in [2.05, 4.69) is 36.2 Å². The highest BCUT2D eigenvalue weighted by atomic mass is 32.1. The Balaban J connectivity index is 1.88. The molecule has 1 aromatic carbocycles. The summed E-state index contributed by atoms with van der Waals surface area (Å²) in [7, 11) is 0. The standard InChI is InChI=1S/C20H23N3O2S/c1-13(2)16-8-7-14(3)12-17(16)25-15(4)20(24)23(18-9-10-21-22-18)19-6-5-11-26-19/h5-13,15H,1-4H3,(H,21,22). The molecule has 1 amide bonds. The van der Waals surface area contributed by atoms with Crippen molar-refractivity contribution in [1.29, 1.82) is 0 Å². The van der Waals surface area contributed by atoms with Gasteiger partial charge in [0.2, 0.25) is 0 Å². The SMILES string of the molecule is Cc1ccc(C(C)C)c(OC(C)C(=O)N(c2ccn[nH]2)c2cccs2)c1. The van der Waals surface area contributed by atoms with Gasteiger partial charge in [0.05, 0.1) is 6.20 Å². The first kappa shape index (κ1) is 18.2. The highest BCUT2D eigenvalue weighted by molar-refractivity contribution is 7.14. The second kappa shape index (κ2) is 7.74. The molecule has 5 nitrogen and oxygen atoms in total. The van der Waals surface area contributed by atoms with E-state index in [9.17, 15) is 4.79 Å². The van der Waals surface area contributed by atoms with Crippen molar-refractivity contribution in [2.45, 2.75) is 39.7 Å². The van der Waals surface area contributed by atoms with Crippen LogP contribution in [0.15, 0.2) is 48.0 Å². The van der Waals surface area contributed by atoms with Crippen LogP contribution in [0.2, 0.25) is 0 Å². The number of aryl methyl sites for hydroxylation is 1. The molecule has 3 rings (SSSR count). The van der Waals surface area contributed by atoms with E-state index in [1.165, 1.54) is 11.3 Å². The average molecular weight is 369 g/mol. The average Bonchev–Trinajstić information content (AvgIpc) is 3.29. The summed E-state index contributed by atoms with van der Waals surface area (Å²) in [5.74, 6) is 1.56. The first-order valence-corrected chi connectivity index (χ1v) is 9.49. The van der Waals surface area contributed by atoms with Crippen LogP contribution in [0.5, 0.6) is 5.75 Å². The van der Waals surface area contributed by atoms with Crippen molar-refractivity contribution in [3.8, 4) is 5.75 Å². The van der Waals surface area contributed by atoms with Gasteiger partial charge in [-0.25, -0.2) is 0 Å². The van der Waals surface area contributed by atoms with Crippen LogP contribution in [-0.4, -0.2) is 22.2 Å². The number of thiophene rings is 1. The molecule has 0 aliphatic carbocycles. The third kappa shape index (κ3) is 3.80. The normalized spacial score (nSPS) is 12.2. The van der Waals surface area contributed by atoms with Crippen LogP contribution >= 0.6 is 11.3 Å². The van der Waals surface area contributed by atoms with Crippen molar-refractivity contribution in [2.24, 2.45) is 0 Å². The maximum absolute atomic E-state index is 13.2. The number of nitrogens with one attached hydrogen (secondary N) is 1. The first-order chi connectivity index (χ1) is 12.5. The Kier molecular flexibility index (Phi) is 5.42. The summed E-state index contributed by atoms with van der Waals surface area (Å²) in [6, 6.07) is 11.7. The maximum Gasteiger partial charge on any atom is 0.274 e. The molecule has 0 saturated carbocycles. The number of carbonyl (C=O) groups is 1. The molecule has 0 fully saturated rings. The molecule has 1 N–H and O–H groups in total. The first-order valence-electron chi connectivity index (χ1n) is 8.61. The van der Waals surface area contributed by atoms with E-state index in [1.54, 1.807) is 24.1 Å². The van der Waals surface area contributed by atoms with Crippen LogP contribution in [-0.2, 0) is 4.79 Å². The van der Waals surface area contributed by atoms with E-state index in [1.807, 2.05) is 30.5 Å². The molecule has 26 heavy (non-hydrogen) atoms. The number of rotatable bonds is 6. The number of amides is 1. The van der Waals surface area contributed by atoms with E-state index in [0.29, 0.717) is 11.7 Å². The molecular formula is C20H23N3O2S. The van der Waals surface area contributed by atoms with Gasteiger partial charge >= 0.3 is 0 Å². The van der Waals surface area contributed by atoms with Gasteiger partial charge in [-0.15, -0.1) is 11.3 Å². The molecule has 3 aromatic rings. The summed E-state index contributed by atoms with van der Waals surface area (Å²) in [6.45, 7) is 8.04. The summed E-state index contributed by atoms with van der Waals surface area (Å²) in [6.07, 6.45) is 0.992. The Morgan fingerprint density at radius 2 is 2.04 bits per heavy atom. The topological polar surface area (TPSA) is 58.2 Å². The molecule has 0 spiro atoms. The predicted octanol–water partition coefficient (Wildman–Crippen LogP) is 5.04. The van der Waals surface area contributed by atoms with Crippen molar-refractivity contribution < 1.29 is 9.53 Å². The lowest BCUT2D eigenvalue weighted by Gasteiger charge is -2.25. The molecule has 0 saturated heterocycles. The van der Waals surface area contributed by atoms with Crippen LogP contribution < -0.4 is 9.64 Å². The zero-order chi connectivity index (χ0) is 18.7. The number of anilines is 2. The Morgan fingerprint density at radius 3 is 2.65 bits per heavy atom. The Morgan fingerprint density at radius 1 is 1.23 bits per heavy atom. The minimum Gasteiger partial charge on any atom is -0.481 e. The predicted molar refractivity (Wildman–Crippen MR) is 105 cm³/mol. The van der Waals surface area contributed by atoms with Crippen LogP contribution in [0.4, 0.5) is 10.8 Å². The fraction of sp³-hybridized carbons (Fsp3) is 0.300. The van der Waals surface area contributed by atoms with Crippen LogP contribution in [0, 0.1) is 6.92 Å². The minimum absolute atomic E-state index is 0.145. The molecule has 0 bridgehead atoms. The van der Waals surface area contributed by atoms with Gasteiger partial charge in [-0.3, -0.25) is 14.8 Å². The van der Waals surface area contributed by atoms with Gasteiger partial charge in [0.1, 0.15) is 16.6 Å². The second-order valence-electron chi connectivity index (χ2n) is 6.52. The monoisotopic (exact) mass is 369 g/mol. The Bertz CT molecular complexity index is 823. The summed E-state index contributed by atoms with van der Waals surface area (Å²) >= 11 is 1.49. The summed E-state index contributed by atoms with van der Waals surface area (Å²) in [5.41, 5.74) is 2.20. The molecule has 1 unspecified atom stereocenters. The van der Waals surface area contributed by atoms with Crippen molar-refractivity contribution in [3.05, 3.63) is 59.1 Å². The molecule has 0 aliphatic rings. The molecular weight excluding hydrogens is 346 g/mol. The summed E-state index contributed by atoms with van der Waals surface area (Å²) in [4.78, 5) is 14.8. The lowest BCUT2D eigenvalue weighted by Crippen LogP contribution is -2.37. The number of carbonyl (C=O) groups excluding carboxylic acids is 1. The van der Waals surface area contributed by atoms with Crippen LogP contribution in [0.3, 0.4) is 0 Å². The van der Waals surface area contributed by atoms with Gasteiger partial charge in [-0.1, -0.05) is 26.0 Å². The highest BCUT2D eigenvalue weighted by Crippen LogP contribution is 2.31. The zero-order valence-corrected chi connectivity index (χ0v) is 16.2. The third-order valence-electron chi connectivity index (χ3n) is 4.12. The smallest absolute Gasteiger partial charge is 0.274 e. The van der Waals surface area contributed by atoms with Crippen LogP contribution in [0.1, 0.15) is 37.8 Å². The largest absolute Gasteiger partial charge is 0.481 e. The summed E-state index contributed by atoms with van der Waals surface area (Å²) < 4.78 is 6.11. The van der Waals surface area contributed by atoms with Crippen molar-refractivity contribution in [3.63, 3.8) is 0 Å². The number of H-pyrrole nitrogens is 1. The fourth-order valence-corrected chi connectivity index (χ4v) is 3.51. The quantitative estimate of drug-likeness (QED) is 0.662. The number of aromatic nitrogens is 2. The van der Waals surface area contributed by atoms with Gasteiger partial charge in [-0.05, 0) is 54.5 Å². The minimum atomic E-state index is -0.639.